The highest BCUT2D eigenvalue weighted by molar-refractivity contribution is 7.80. The summed E-state index contributed by atoms with van der Waals surface area (Å²) >= 11 is 5.26. The highest BCUT2D eigenvalue weighted by atomic mass is 32.1. The molecule has 1 aliphatic rings. The van der Waals surface area contributed by atoms with Crippen molar-refractivity contribution < 1.29 is 0 Å². The molecule has 0 radical (unpaired) electrons. The first kappa shape index (κ1) is 11.5. The molecule has 0 amide bonds. The fourth-order valence-electron chi connectivity index (χ4n) is 1.90. The van der Waals surface area contributed by atoms with Crippen molar-refractivity contribution in [2.75, 3.05) is 0 Å². The van der Waals surface area contributed by atoms with Crippen LogP contribution < -0.4 is 10.6 Å². The molecule has 94 valence electrons. The van der Waals surface area contributed by atoms with Crippen LogP contribution in [0.2, 0.25) is 0 Å². The number of para-hydroxylation sites is 2. The lowest BCUT2D eigenvalue weighted by Crippen LogP contribution is -2.38. The average molecular weight is 260 g/mol. The van der Waals surface area contributed by atoms with Crippen LogP contribution in [0.3, 0.4) is 0 Å². The van der Waals surface area contributed by atoms with Crippen molar-refractivity contribution in [1.29, 1.82) is 0 Å². The van der Waals surface area contributed by atoms with E-state index < -0.39 is 0 Å². The minimum atomic E-state index is 0.0798. The summed E-state index contributed by atoms with van der Waals surface area (Å²) in [4.78, 5) is 7.86. The number of benzene rings is 1. The Morgan fingerprint density at radius 1 is 1.44 bits per heavy atom. The molecule has 3 N–H and O–H groups in total. The van der Waals surface area contributed by atoms with E-state index in [1.807, 2.05) is 24.3 Å². The normalized spacial score (nSPS) is 16.5. The minimum absolute atomic E-state index is 0.0798. The number of H-pyrrole nitrogens is 1. The van der Waals surface area contributed by atoms with Crippen LogP contribution in [0, 0.1) is 0 Å². The van der Waals surface area contributed by atoms with Crippen molar-refractivity contribution in [1.82, 2.24) is 20.6 Å². The van der Waals surface area contributed by atoms with Crippen molar-refractivity contribution in [3.63, 3.8) is 0 Å². The van der Waals surface area contributed by atoms with Gasteiger partial charge in [0.2, 0.25) is 0 Å². The van der Waals surface area contributed by atoms with E-state index in [0.717, 1.165) is 16.9 Å². The Morgan fingerprint density at radius 3 is 2.94 bits per heavy atom. The van der Waals surface area contributed by atoms with Crippen LogP contribution in [-0.4, -0.2) is 21.1 Å². The van der Waals surface area contributed by atoms with E-state index in [4.69, 9.17) is 12.2 Å². The van der Waals surface area contributed by atoms with Crippen LogP contribution in [0.4, 0.5) is 0 Å². The van der Waals surface area contributed by atoms with E-state index in [9.17, 15) is 0 Å². The molecule has 18 heavy (non-hydrogen) atoms. The molecule has 0 spiro atoms. The number of hydrogen-bond donors (Lipinski definition) is 3. The molecule has 1 aliphatic carbocycles. The largest absolute Gasteiger partial charge is 0.360 e. The zero-order chi connectivity index (χ0) is 12.5. The molecular weight excluding hydrogens is 244 g/mol. The van der Waals surface area contributed by atoms with Crippen LogP contribution in [0.5, 0.6) is 0 Å². The maximum Gasteiger partial charge on any atom is 0.167 e. The molecule has 0 aliphatic heterocycles. The van der Waals surface area contributed by atoms with E-state index in [-0.39, 0.29) is 6.04 Å². The Morgan fingerprint density at radius 2 is 2.22 bits per heavy atom. The number of aromatic nitrogens is 2. The van der Waals surface area contributed by atoms with Crippen molar-refractivity contribution in [2.24, 2.45) is 0 Å². The number of nitrogens with zero attached hydrogens (tertiary/aromatic N) is 1. The van der Waals surface area contributed by atoms with E-state index in [0.29, 0.717) is 11.2 Å². The van der Waals surface area contributed by atoms with Crippen LogP contribution in [0.25, 0.3) is 11.0 Å². The molecular formula is C13H16N4S. The van der Waals surface area contributed by atoms with Gasteiger partial charge in [-0.2, -0.15) is 0 Å². The quantitative estimate of drug-likeness (QED) is 0.741. The smallest absolute Gasteiger partial charge is 0.167 e. The summed E-state index contributed by atoms with van der Waals surface area (Å²) in [6.07, 6.45) is 2.45. The Kier molecular flexibility index (Phi) is 2.91. The lowest BCUT2D eigenvalue weighted by atomic mass is 10.3. The standard InChI is InChI=1S/C13H16N4S/c1-8(14-13(18)15-9-6-7-9)12-16-10-4-2-3-5-11(10)17-12/h2-5,8-9H,6-7H2,1H3,(H,16,17)(H2,14,15,18)/t8-/m1/s1. The van der Waals surface area contributed by atoms with Gasteiger partial charge in [0.15, 0.2) is 5.11 Å². The van der Waals surface area contributed by atoms with Crippen LogP contribution >= 0.6 is 12.2 Å². The summed E-state index contributed by atoms with van der Waals surface area (Å²) in [5.74, 6) is 0.913. The zero-order valence-corrected chi connectivity index (χ0v) is 11.1. The van der Waals surface area contributed by atoms with Gasteiger partial charge in [-0.05, 0) is 44.1 Å². The third kappa shape index (κ3) is 2.46. The number of hydrogen-bond acceptors (Lipinski definition) is 2. The number of fused-ring (bicyclic) bond motifs is 1. The molecule has 1 saturated carbocycles. The number of thiocarbonyl (C=S) groups is 1. The Bertz CT molecular complexity index is 540. The maximum absolute atomic E-state index is 5.26. The van der Waals surface area contributed by atoms with Gasteiger partial charge in [-0.3, -0.25) is 0 Å². The summed E-state index contributed by atoms with van der Waals surface area (Å²) in [6.45, 7) is 2.05. The number of rotatable bonds is 3. The fraction of sp³-hybridized carbons (Fsp3) is 0.385. The minimum Gasteiger partial charge on any atom is -0.360 e. The molecule has 1 atom stereocenters. The van der Waals surface area contributed by atoms with E-state index in [2.05, 4.69) is 27.5 Å². The Hall–Kier alpha value is -1.62. The van der Waals surface area contributed by atoms with Gasteiger partial charge < -0.3 is 15.6 Å². The second kappa shape index (κ2) is 4.57. The van der Waals surface area contributed by atoms with E-state index >= 15 is 0 Å². The molecule has 3 rings (SSSR count). The number of nitrogens with one attached hydrogen (secondary N) is 3. The molecule has 2 aromatic rings. The molecule has 0 unspecified atom stereocenters. The van der Waals surface area contributed by atoms with Gasteiger partial charge in [-0.25, -0.2) is 4.98 Å². The first-order valence-electron chi connectivity index (χ1n) is 6.24. The Labute approximate surface area is 111 Å². The first-order valence-corrected chi connectivity index (χ1v) is 6.65. The fourth-order valence-corrected chi connectivity index (χ4v) is 2.24. The molecule has 0 bridgehead atoms. The van der Waals surface area contributed by atoms with Crippen molar-refractivity contribution in [3.05, 3.63) is 30.1 Å². The van der Waals surface area contributed by atoms with Crippen molar-refractivity contribution in [2.45, 2.75) is 31.8 Å². The number of imidazole rings is 1. The lowest BCUT2D eigenvalue weighted by molar-refractivity contribution is 0.661. The molecule has 1 heterocycles. The monoisotopic (exact) mass is 260 g/mol. The van der Waals surface area contributed by atoms with Gasteiger partial charge in [-0.15, -0.1) is 0 Å². The predicted molar refractivity (Wildman–Crippen MR) is 76.4 cm³/mol. The highest BCUT2D eigenvalue weighted by Gasteiger charge is 2.22. The Balaban J connectivity index is 1.70. The van der Waals surface area contributed by atoms with Crippen molar-refractivity contribution in [3.8, 4) is 0 Å². The third-order valence-electron chi connectivity index (χ3n) is 3.08. The zero-order valence-electron chi connectivity index (χ0n) is 10.2. The third-order valence-corrected chi connectivity index (χ3v) is 3.31. The second-order valence-corrected chi connectivity index (χ2v) is 5.16. The molecule has 1 aromatic heterocycles. The average Bonchev–Trinajstić information content (AvgIpc) is 3.05. The second-order valence-electron chi connectivity index (χ2n) is 4.75. The number of aromatic amines is 1. The SMILES string of the molecule is C[C@@H](NC(=S)NC1CC1)c1nc2ccccc2[nH]1. The summed E-state index contributed by atoms with van der Waals surface area (Å²) in [5.41, 5.74) is 2.05. The van der Waals surface area contributed by atoms with E-state index in [1.165, 1.54) is 12.8 Å². The summed E-state index contributed by atoms with van der Waals surface area (Å²) < 4.78 is 0. The molecule has 0 saturated heterocycles. The van der Waals surface area contributed by atoms with Gasteiger partial charge in [0.05, 0.1) is 17.1 Å². The van der Waals surface area contributed by atoms with Crippen LogP contribution in [0.15, 0.2) is 24.3 Å². The molecule has 4 nitrogen and oxygen atoms in total. The van der Waals surface area contributed by atoms with Crippen LogP contribution in [0.1, 0.15) is 31.6 Å². The lowest BCUT2D eigenvalue weighted by Gasteiger charge is -2.14. The van der Waals surface area contributed by atoms with Gasteiger partial charge in [0.1, 0.15) is 5.82 Å². The highest BCUT2D eigenvalue weighted by Crippen LogP contribution is 2.19. The molecule has 1 aromatic carbocycles. The topological polar surface area (TPSA) is 52.7 Å². The van der Waals surface area contributed by atoms with Gasteiger partial charge in [-0.1, -0.05) is 12.1 Å². The van der Waals surface area contributed by atoms with Crippen LogP contribution in [-0.2, 0) is 0 Å². The van der Waals surface area contributed by atoms with Gasteiger partial charge >= 0.3 is 0 Å². The summed E-state index contributed by atoms with van der Waals surface area (Å²) in [7, 11) is 0. The molecule has 1 fully saturated rings. The summed E-state index contributed by atoms with van der Waals surface area (Å²) in [5, 5.41) is 7.24. The molecule has 5 heteroatoms. The first-order chi connectivity index (χ1) is 8.72. The van der Waals surface area contributed by atoms with Crippen molar-refractivity contribution >= 4 is 28.4 Å². The van der Waals surface area contributed by atoms with E-state index in [1.54, 1.807) is 0 Å². The maximum atomic E-state index is 5.26. The summed E-state index contributed by atoms with van der Waals surface area (Å²) in [6, 6.07) is 8.68. The predicted octanol–water partition coefficient (Wildman–Crippen LogP) is 2.25. The van der Waals surface area contributed by atoms with Gasteiger partial charge in [0, 0.05) is 6.04 Å². The van der Waals surface area contributed by atoms with Gasteiger partial charge in [0.25, 0.3) is 0 Å².